The number of carbonyl (C=O) groups is 3. The van der Waals surface area contributed by atoms with Crippen molar-refractivity contribution < 1.29 is 29.7 Å². The number of hydrogen-bond acceptors (Lipinski definition) is 5. The van der Waals surface area contributed by atoms with Gasteiger partial charge in [0.25, 0.3) is 0 Å². The van der Waals surface area contributed by atoms with Crippen molar-refractivity contribution in [3.05, 3.63) is 82.2 Å². The predicted octanol–water partition coefficient (Wildman–Crippen LogP) is 2.72. The van der Waals surface area contributed by atoms with Gasteiger partial charge in [0.15, 0.2) is 5.69 Å². The Morgan fingerprint density at radius 1 is 0.828 bits per heavy atom. The second-order valence-electron chi connectivity index (χ2n) is 6.29. The fraction of sp³-hybridized carbons (Fsp3) is 0.150. The van der Waals surface area contributed by atoms with E-state index in [1.807, 2.05) is 31.2 Å². The van der Waals surface area contributed by atoms with Crippen molar-refractivity contribution in [2.24, 2.45) is 0 Å². The van der Waals surface area contributed by atoms with Crippen molar-refractivity contribution in [3.8, 4) is 0 Å². The molecule has 3 rings (SSSR count). The van der Waals surface area contributed by atoms with E-state index in [0.29, 0.717) is 12.1 Å². The van der Waals surface area contributed by atoms with Crippen LogP contribution in [-0.2, 0) is 6.54 Å². The van der Waals surface area contributed by atoms with Crippen molar-refractivity contribution >= 4 is 17.9 Å². The third-order valence-electron chi connectivity index (χ3n) is 3.79. The minimum atomic E-state index is -1.12. The summed E-state index contributed by atoms with van der Waals surface area (Å²) in [5.74, 6) is -3.30. The van der Waals surface area contributed by atoms with Crippen LogP contribution < -0.4 is 0 Å². The van der Waals surface area contributed by atoms with Crippen LogP contribution in [0, 0.1) is 13.8 Å². The molecular formula is C20H19N3O6. The van der Waals surface area contributed by atoms with E-state index in [1.165, 1.54) is 28.6 Å². The molecular weight excluding hydrogens is 378 g/mol. The number of aryl methyl sites for hydroxylation is 2. The summed E-state index contributed by atoms with van der Waals surface area (Å²) in [4.78, 5) is 31.7. The Morgan fingerprint density at radius 3 is 1.83 bits per heavy atom. The molecule has 0 fully saturated rings. The van der Waals surface area contributed by atoms with Crippen LogP contribution in [0.2, 0.25) is 0 Å². The minimum Gasteiger partial charge on any atom is -0.478 e. The Balaban J connectivity index is 0.000000212. The van der Waals surface area contributed by atoms with Crippen LogP contribution in [0.1, 0.15) is 47.9 Å². The molecule has 150 valence electrons. The van der Waals surface area contributed by atoms with E-state index in [2.05, 4.69) is 10.3 Å². The third-order valence-corrected chi connectivity index (χ3v) is 3.79. The molecule has 3 aromatic rings. The van der Waals surface area contributed by atoms with Gasteiger partial charge in [0.1, 0.15) is 0 Å². The molecule has 0 spiro atoms. The topological polar surface area (TPSA) is 143 Å². The van der Waals surface area contributed by atoms with E-state index >= 15 is 0 Å². The lowest BCUT2D eigenvalue weighted by atomic mass is 10.1. The molecule has 2 aromatic carbocycles. The lowest BCUT2D eigenvalue weighted by Crippen LogP contribution is -2.02. The van der Waals surface area contributed by atoms with Crippen LogP contribution in [0.25, 0.3) is 0 Å². The van der Waals surface area contributed by atoms with E-state index < -0.39 is 17.9 Å². The van der Waals surface area contributed by atoms with E-state index in [0.717, 1.165) is 11.6 Å². The zero-order chi connectivity index (χ0) is 21.6. The molecule has 0 saturated heterocycles. The first-order valence-electron chi connectivity index (χ1n) is 8.43. The summed E-state index contributed by atoms with van der Waals surface area (Å²) >= 11 is 0. The summed E-state index contributed by atoms with van der Waals surface area (Å²) < 4.78 is 1.51. The second kappa shape index (κ2) is 9.27. The largest absolute Gasteiger partial charge is 0.478 e. The lowest BCUT2D eigenvalue weighted by Gasteiger charge is -2.00. The number of hydrogen-bond donors (Lipinski definition) is 3. The highest BCUT2D eigenvalue weighted by molar-refractivity contribution is 5.94. The first-order valence-corrected chi connectivity index (χ1v) is 8.43. The maximum atomic E-state index is 10.6. The highest BCUT2D eigenvalue weighted by atomic mass is 16.4. The van der Waals surface area contributed by atoms with Gasteiger partial charge >= 0.3 is 17.9 Å². The molecule has 0 saturated carbocycles. The number of carboxylic acids is 3. The van der Waals surface area contributed by atoms with Gasteiger partial charge in [-0.2, -0.15) is 0 Å². The Kier molecular flexibility index (Phi) is 6.80. The summed E-state index contributed by atoms with van der Waals surface area (Å²) in [5, 5.41) is 33.2. The van der Waals surface area contributed by atoms with Gasteiger partial charge in [0.2, 0.25) is 0 Å². The summed E-state index contributed by atoms with van der Waals surface area (Å²) in [7, 11) is 0. The maximum Gasteiger partial charge on any atom is 0.358 e. The van der Waals surface area contributed by atoms with E-state index in [4.69, 9.17) is 15.3 Å². The van der Waals surface area contributed by atoms with Gasteiger partial charge in [-0.1, -0.05) is 35.0 Å². The first kappa shape index (κ1) is 21.3. The van der Waals surface area contributed by atoms with Crippen LogP contribution in [0.15, 0.2) is 48.7 Å². The zero-order valence-corrected chi connectivity index (χ0v) is 15.7. The summed E-state index contributed by atoms with van der Waals surface area (Å²) in [6.07, 6.45) is 1.42. The van der Waals surface area contributed by atoms with Crippen molar-refractivity contribution in [3.63, 3.8) is 0 Å². The van der Waals surface area contributed by atoms with E-state index in [9.17, 15) is 14.4 Å². The number of nitrogens with zero attached hydrogens (tertiary/aromatic N) is 3. The number of benzene rings is 2. The van der Waals surface area contributed by atoms with Crippen LogP contribution >= 0.6 is 0 Å². The molecule has 0 amide bonds. The Hall–Kier alpha value is -4.01. The van der Waals surface area contributed by atoms with Crippen LogP contribution in [-0.4, -0.2) is 48.2 Å². The highest BCUT2D eigenvalue weighted by Gasteiger charge is 2.09. The summed E-state index contributed by atoms with van der Waals surface area (Å²) in [6.45, 7) is 4.20. The van der Waals surface area contributed by atoms with Gasteiger partial charge in [-0.3, -0.25) is 0 Å². The highest BCUT2D eigenvalue weighted by Crippen LogP contribution is 2.09. The average molecular weight is 397 g/mol. The summed E-state index contributed by atoms with van der Waals surface area (Å²) in [5.41, 5.74) is 2.83. The van der Waals surface area contributed by atoms with Crippen molar-refractivity contribution in [2.45, 2.75) is 20.4 Å². The molecule has 0 aliphatic heterocycles. The summed E-state index contributed by atoms with van der Waals surface area (Å²) in [6, 6.07) is 12.0. The SMILES string of the molecule is Cc1cc(C(=O)O)cc(C(=O)O)c1.Cc1ccc(Cn2cc(C(=O)O)nn2)cc1. The van der Waals surface area contributed by atoms with Crippen molar-refractivity contribution in [2.75, 3.05) is 0 Å². The van der Waals surface area contributed by atoms with E-state index in [1.54, 1.807) is 6.92 Å². The molecule has 9 heteroatoms. The molecule has 9 nitrogen and oxygen atoms in total. The van der Waals surface area contributed by atoms with Gasteiger partial charge in [-0.05, 0) is 43.2 Å². The molecule has 0 aliphatic rings. The fourth-order valence-electron chi connectivity index (χ4n) is 2.38. The fourth-order valence-corrected chi connectivity index (χ4v) is 2.38. The Morgan fingerprint density at radius 2 is 1.38 bits per heavy atom. The predicted molar refractivity (Wildman–Crippen MR) is 102 cm³/mol. The van der Waals surface area contributed by atoms with Crippen molar-refractivity contribution in [1.82, 2.24) is 15.0 Å². The van der Waals surface area contributed by atoms with Crippen molar-refractivity contribution in [1.29, 1.82) is 0 Å². The van der Waals surface area contributed by atoms with Gasteiger partial charge in [0, 0.05) is 0 Å². The zero-order valence-electron chi connectivity index (χ0n) is 15.7. The average Bonchev–Trinajstić information content (AvgIpc) is 3.12. The molecule has 0 bridgehead atoms. The van der Waals surface area contributed by atoms with Crippen LogP contribution in [0.5, 0.6) is 0 Å². The smallest absolute Gasteiger partial charge is 0.358 e. The number of aromatic nitrogens is 3. The lowest BCUT2D eigenvalue weighted by molar-refractivity contribution is 0.0678. The molecule has 0 unspecified atom stereocenters. The number of carboxylic acid groups (broad SMARTS) is 3. The second-order valence-corrected chi connectivity index (χ2v) is 6.29. The Labute approximate surface area is 165 Å². The van der Waals surface area contributed by atoms with Crippen LogP contribution in [0.3, 0.4) is 0 Å². The standard InChI is InChI=1S/C11H11N3O2.C9H8O4/c1-8-2-4-9(5-3-8)6-14-7-10(11(15)16)12-13-14;1-5-2-6(8(10)11)4-7(3-5)9(12)13/h2-5,7H,6H2,1H3,(H,15,16);2-4H,1H3,(H,10,11)(H,12,13). The number of aromatic carboxylic acids is 3. The molecule has 1 aromatic heterocycles. The van der Waals surface area contributed by atoms with Gasteiger partial charge < -0.3 is 15.3 Å². The normalized spacial score (nSPS) is 10.0. The molecule has 0 aliphatic carbocycles. The van der Waals surface area contributed by atoms with Gasteiger partial charge in [0.05, 0.1) is 23.9 Å². The molecule has 29 heavy (non-hydrogen) atoms. The quantitative estimate of drug-likeness (QED) is 0.596. The molecule has 0 atom stereocenters. The minimum absolute atomic E-state index is 0.00241. The molecule has 3 N–H and O–H groups in total. The van der Waals surface area contributed by atoms with Crippen LogP contribution in [0.4, 0.5) is 0 Å². The first-order chi connectivity index (χ1) is 13.7. The van der Waals surface area contributed by atoms with E-state index in [-0.39, 0.29) is 16.8 Å². The van der Waals surface area contributed by atoms with Gasteiger partial charge in [-0.15, -0.1) is 5.10 Å². The molecule has 1 heterocycles. The monoisotopic (exact) mass is 397 g/mol. The Bertz CT molecular complexity index is 1010. The third kappa shape index (κ3) is 6.28. The number of rotatable bonds is 5. The molecule has 0 radical (unpaired) electrons. The van der Waals surface area contributed by atoms with Gasteiger partial charge in [-0.25, -0.2) is 19.1 Å². The maximum absolute atomic E-state index is 10.6.